The minimum Gasteiger partial charge on any atom is -0.354 e. The highest BCUT2D eigenvalue weighted by Gasteiger charge is 2.17. The Morgan fingerprint density at radius 2 is 1.93 bits per heavy atom. The third-order valence-electron chi connectivity index (χ3n) is 4.39. The van der Waals surface area contributed by atoms with Crippen molar-refractivity contribution in [3.8, 4) is 10.6 Å². The van der Waals surface area contributed by atoms with Crippen molar-refractivity contribution in [2.45, 2.75) is 46.1 Å². The SMILES string of the molecule is Cc1ccc2[nH]c(-c3cccs3)c(CCC(=O)NCC(=O)NC(C)(C)C)c2c1. The van der Waals surface area contributed by atoms with E-state index in [0.717, 1.165) is 27.0 Å². The summed E-state index contributed by atoms with van der Waals surface area (Å²) >= 11 is 1.68. The number of hydrogen-bond donors (Lipinski definition) is 3. The Morgan fingerprint density at radius 3 is 2.61 bits per heavy atom. The molecule has 28 heavy (non-hydrogen) atoms. The van der Waals surface area contributed by atoms with Crippen LogP contribution in [0.15, 0.2) is 35.7 Å². The van der Waals surface area contributed by atoms with Crippen LogP contribution in [0.3, 0.4) is 0 Å². The van der Waals surface area contributed by atoms with Crippen LogP contribution in [0.5, 0.6) is 0 Å². The summed E-state index contributed by atoms with van der Waals surface area (Å²) in [6.07, 6.45) is 0.950. The fourth-order valence-corrected chi connectivity index (χ4v) is 3.97. The summed E-state index contributed by atoms with van der Waals surface area (Å²) in [6, 6.07) is 10.4. The van der Waals surface area contributed by atoms with Crippen LogP contribution in [0.4, 0.5) is 0 Å². The smallest absolute Gasteiger partial charge is 0.239 e. The van der Waals surface area contributed by atoms with Crippen molar-refractivity contribution in [3.05, 3.63) is 46.8 Å². The fraction of sp³-hybridized carbons (Fsp3) is 0.364. The van der Waals surface area contributed by atoms with Crippen LogP contribution in [0.2, 0.25) is 0 Å². The van der Waals surface area contributed by atoms with E-state index in [2.05, 4.69) is 52.2 Å². The molecule has 0 aliphatic rings. The van der Waals surface area contributed by atoms with E-state index in [0.29, 0.717) is 12.8 Å². The lowest BCUT2D eigenvalue weighted by molar-refractivity contribution is -0.126. The number of aromatic nitrogens is 1. The van der Waals surface area contributed by atoms with Crippen molar-refractivity contribution in [2.75, 3.05) is 6.54 Å². The van der Waals surface area contributed by atoms with Gasteiger partial charge in [0, 0.05) is 22.9 Å². The quantitative estimate of drug-likeness (QED) is 0.584. The van der Waals surface area contributed by atoms with Crippen LogP contribution in [0.1, 0.15) is 38.3 Å². The summed E-state index contributed by atoms with van der Waals surface area (Å²) in [5, 5.41) is 8.77. The van der Waals surface area contributed by atoms with Crippen LogP contribution in [0.25, 0.3) is 21.5 Å². The summed E-state index contributed by atoms with van der Waals surface area (Å²) in [5.74, 6) is -0.300. The predicted octanol–water partition coefficient (Wildman–Crippen LogP) is 4.17. The van der Waals surface area contributed by atoms with E-state index < -0.39 is 0 Å². The molecule has 2 amide bonds. The molecule has 1 aromatic carbocycles. The first kappa shape index (κ1) is 20.1. The maximum atomic E-state index is 12.3. The lowest BCUT2D eigenvalue weighted by Crippen LogP contribution is -2.45. The first-order valence-corrected chi connectivity index (χ1v) is 10.3. The van der Waals surface area contributed by atoms with Gasteiger partial charge in [-0.1, -0.05) is 17.7 Å². The van der Waals surface area contributed by atoms with Gasteiger partial charge in [0.15, 0.2) is 0 Å². The maximum Gasteiger partial charge on any atom is 0.239 e. The van der Waals surface area contributed by atoms with Crippen LogP contribution >= 0.6 is 11.3 Å². The second kappa shape index (κ2) is 8.19. The molecule has 0 saturated carbocycles. The van der Waals surface area contributed by atoms with Gasteiger partial charge in [-0.05, 0) is 63.3 Å². The van der Waals surface area contributed by atoms with E-state index in [4.69, 9.17) is 0 Å². The van der Waals surface area contributed by atoms with Crippen molar-refractivity contribution in [1.82, 2.24) is 15.6 Å². The molecule has 3 N–H and O–H groups in total. The average Bonchev–Trinajstić information content (AvgIpc) is 3.24. The molecule has 6 heteroatoms. The Labute approximate surface area is 169 Å². The molecule has 5 nitrogen and oxygen atoms in total. The van der Waals surface area contributed by atoms with Crippen molar-refractivity contribution in [1.29, 1.82) is 0 Å². The van der Waals surface area contributed by atoms with Gasteiger partial charge < -0.3 is 15.6 Å². The first-order chi connectivity index (χ1) is 13.2. The Bertz CT molecular complexity index is 981. The van der Waals surface area contributed by atoms with Crippen molar-refractivity contribution >= 4 is 34.1 Å². The van der Waals surface area contributed by atoms with Gasteiger partial charge in [0.1, 0.15) is 0 Å². The number of hydrogen-bond acceptors (Lipinski definition) is 3. The number of amides is 2. The Morgan fingerprint density at radius 1 is 1.14 bits per heavy atom. The summed E-state index contributed by atoms with van der Waals surface area (Å²) in [6.45, 7) is 7.82. The van der Waals surface area contributed by atoms with Gasteiger partial charge in [-0.2, -0.15) is 0 Å². The Balaban J connectivity index is 1.71. The van der Waals surface area contributed by atoms with Crippen LogP contribution < -0.4 is 10.6 Å². The number of carbonyl (C=O) groups excluding carboxylic acids is 2. The lowest BCUT2D eigenvalue weighted by atomic mass is 10.0. The van der Waals surface area contributed by atoms with Gasteiger partial charge in [-0.15, -0.1) is 11.3 Å². The number of fused-ring (bicyclic) bond motifs is 1. The normalized spacial score (nSPS) is 11.6. The number of nitrogens with one attached hydrogen (secondary N) is 3. The topological polar surface area (TPSA) is 74.0 Å². The second-order valence-electron chi connectivity index (χ2n) is 8.08. The molecule has 3 rings (SSSR count). The summed E-state index contributed by atoms with van der Waals surface area (Å²) in [7, 11) is 0. The maximum absolute atomic E-state index is 12.3. The number of aromatic amines is 1. The van der Waals surface area contributed by atoms with Crippen LogP contribution in [0, 0.1) is 6.92 Å². The number of aryl methyl sites for hydroxylation is 2. The molecule has 0 aliphatic carbocycles. The zero-order valence-corrected chi connectivity index (χ0v) is 17.6. The summed E-state index contributed by atoms with van der Waals surface area (Å²) in [5.41, 5.74) is 4.19. The Hall–Kier alpha value is -2.60. The van der Waals surface area contributed by atoms with Gasteiger partial charge in [0.2, 0.25) is 11.8 Å². The molecule has 0 radical (unpaired) electrons. The highest BCUT2D eigenvalue weighted by atomic mass is 32.1. The monoisotopic (exact) mass is 397 g/mol. The van der Waals surface area contributed by atoms with E-state index in [1.54, 1.807) is 11.3 Å². The average molecular weight is 398 g/mol. The highest BCUT2D eigenvalue weighted by molar-refractivity contribution is 7.13. The van der Waals surface area contributed by atoms with E-state index in [-0.39, 0.29) is 23.9 Å². The number of H-pyrrole nitrogens is 1. The van der Waals surface area contributed by atoms with Crippen molar-refractivity contribution in [3.63, 3.8) is 0 Å². The molecule has 0 aliphatic heterocycles. The number of thiophene rings is 1. The first-order valence-electron chi connectivity index (χ1n) is 9.46. The molecule has 0 bridgehead atoms. The summed E-state index contributed by atoms with van der Waals surface area (Å²) in [4.78, 5) is 28.9. The summed E-state index contributed by atoms with van der Waals surface area (Å²) < 4.78 is 0. The molecular weight excluding hydrogens is 370 g/mol. The van der Waals surface area contributed by atoms with Crippen molar-refractivity contribution < 1.29 is 9.59 Å². The molecular formula is C22H27N3O2S. The minimum atomic E-state index is -0.306. The van der Waals surface area contributed by atoms with Gasteiger partial charge in [0.05, 0.1) is 17.1 Å². The number of rotatable bonds is 6. The van der Waals surface area contributed by atoms with Crippen LogP contribution in [-0.4, -0.2) is 28.9 Å². The molecule has 0 fully saturated rings. The molecule has 148 valence electrons. The third-order valence-corrected chi connectivity index (χ3v) is 5.28. The van der Waals surface area contributed by atoms with Gasteiger partial charge in [-0.25, -0.2) is 0 Å². The minimum absolute atomic E-state index is 0.000871. The zero-order valence-electron chi connectivity index (χ0n) is 16.8. The molecule has 0 unspecified atom stereocenters. The fourth-order valence-electron chi connectivity index (χ4n) is 3.22. The number of carbonyl (C=O) groups is 2. The van der Waals surface area contributed by atoms with E-state index in [1.165, 1.54) is 5.56 Å². The largest absolute Gasteiger partial charge is 0.354 e. The third kappa shape index (κ3) is 5.01. The second-order valence-corrected chi connectivity index (χ2v) is 9.03. The van der Waals surface area contributed by atoms with E-state index in [9.17, 15) is 9.59 Å². The number of benzene rings is 1. The molecule has 3 aromatic rings. The van der Waals surface area contributed by atoms with E-state index in [1.807, 2.05) is 26.8 Å². The van der Waals surface area contributed by atoms with E-state index >= 15 is 0 Å². The lowest BCUT2D eigenvalue weighted by Gasteiger charge is -2.20. The van der Waals surface area contributed by atoms with Gasteiger partial charge in [-0.3, -0.25) is 9.59 Å². The highest BCUT2D eigenvalue weighted by Crippen LogP contribution is 2.34. The van der Waals surface area contributed by atoms with Crippen LogP contribution in [-0.2, 0) is 16.0 Å². The van der Waals surface area contributed by atoms with Gasteiger partial charge in [0.25, 0.3) is 0 Å². The molecule has 0 atom stereocenters. The Kier molecular flexibility index (Phi) is 5.89. The van der Waals surface area contributed by atoms with Gasteiger partial charge >= 0.3 is 0 Å². The zero-order chi connectivity index (χ0) is 20.3. The van der Waals surface area contributed by atoms with Crippen molar-refractivity contribution in [2.24, 2.45) is 0 Å². The molecule has 0 saturated heterocycles. The predicted molar refractivity (Wildman–Crippen MR) is 116 cm³/mol. The molecule has 2 aromatic heterocycles. The molecule has 0 spiro atoms. The standard InChI is InChI=1S/C22H27N3O2S/c1-14-7-9-17-16(12-14)15(21(24-17)18-6-5-11-28-18)8-10-19(26)23-13-20(27)25-22(2,3)4/h5-7,9,11-12,24H,8,10,13H2,1-4H3,(H,23,26)(H,25,27). The molecule has 2 heterocycles.